The Morgan fingerprint density at radius 3 is 2.57 bits per heavy atom. The van der Waals surface area contributed by atoms with Gasteiger partial charge in [-0.25, -0.2) is 4.39 Å². The van der Waals surface area contributed by atoms with Gasteiger partial charge in [0.15, 0.2) is 4.87 Å². The standard InChI is InChI=1S/C24H19FN2O2S/c25-19-10-6-9-18(15-19)22(28)27-13-14-30-24(27)20-11-4-5-12-21(20)26(23(24)29)16-17-7-2-1-3-8-17/h1-12,15H,13-14,16H2/t24-/m0/s1. The van der Waals surface area contributed by atoms with Crippen LogP contribution in [-0.4, -0.2) is 29.0 Å². The maximum Gasteiger partial charge on any atom is 0.268 e. The molecule has 2 heterocycles. The molecule has 2 amide bonds. The summed E-state index contributed by atoms with van der Waals surface area (Å²) in [5.41, 5.74) is 2.91. The summed E-state index contributed by atoms with van der Waals surface area (Å²) in [6, 6.07) is 23.1. The molecule has 5 rings (SSSR count). The summed E-state index contributed by atoms with van der Waals surface area (Å²) in [7, 11) is 0. The second-order valence-electron chi connectivity index (χ2n) is 7.35. The number of carbonyl (C=O) groups is 2. The molecule has 1 fully saturated rings. The number of benzene rings is 3. The molecule has 0 aromatic heterocycles. The number of rotatable bonds is 3. The van der Waals surface area contributed by atoms with E-state index in [0.29, 0.717) is 18.8 Å². The lowest BCUT2D eigenvalue weighted by Gasteiger charge is -2.33. The van der Waals surface area contributed by atoms with Gasteiger partial charge in [0, 0.05) is 23.4 Å². The molecule has 3 aromatic carbocycles. The summed E-state index contributed by atoms with van der Waals surface area (Å²) in [5, 5.41) is 0. The molecule has 150 valence electrons. The Morgan fingerprint density at radius 1 is 1.00 bits per heavy atom. The topological polar surface area (TPSA) is 40.6 Å². The highest BCUT2D eigenvalue weighted by Gasteiger charge is 2.59. The van der Waals surface area contributed by atoms with E-state index < -0.39 is 10.7 Å². The van der Waals surface area contributed by atoms with Gasteiger partial charge in [-0.1, -0.05) is 54.6 Å². The molecular weight excluding hydrogens is 399 g/mol. The van der Waals surface area contributed by atoms with Crippen LogP contribution in [0.15, 0.2) is 78.9 Å². The molecule has 6 heteroatoms. The number of hydrogen-bond donors (Lipinski definition) is 0. The van der Waals surface area contributed by atoms with Crippen LogP contribution in [0.5, 0.6) is 0 Å². The number of thioether (sulfide) groups is 1. The lowest BCUT2D eigenvalue weighted by molar-refractivity contribution is -0.123. The van der Waals surface area contributed by atoms with Crippen molar-refractivity contribution in [3.8, 4) is 0 Å². The van der Waals surface area contributed by atoms with Gasteiger partial charge in [0.1, 0.15) is 5.82 Å². The third-order valence-electron chi connectivity index (χ3n) is 5.60. The van der Waals surface area contributed by atoms with Crippen molar-refractivity contribution >= 4 is 29.3 Å². The van der Waals surface area contributed by atoms with Crippen LogP contribution in [0.2, 0.25) is 0 Å². The third-order valence-corrected chi connectivity index (χ3v) is 7.02. The van der Waals surface area contributed by atoms with Gasteiger partial charge in [0.25, 0.3) is 11.8 Å². The van der Waals surface area contributed by atoms with Gasteiger partial charge in [-0.3, -0.25) is 9.59 Å². The van der Waals surface area contributed by atoms with Gasteiger partial charge in [-0.15, -0.1) is 11.8 Å². The first-order valence-electron chi connectivity index (χ1n) is 9.78. The molecular formula is C24H19FN2O2S. The van der Waals surface area contributed by atoms with Crippen molar-refractivity contribution in [3.63, 3.8) is 0 Å². The first-order chi connectivity index (χ1) is 14.6. The van der Waals surface area contributed by atoms with E-state index >= 15 is 0 Å². The first kappa shape index (κ1) is 18.9. The fourth-order valence-corrected chi connectivity index (χ4v) is 5.73. The van der Waals surface area contributed by atoms with Crippen molar-refractivity contribution in [1.82, 2.24) is 4.90 Å². The highest BCUT2D eigenvalue weighted by molar-refractivity contribution is 8.01. The van der Waals surface area contributed by atoms with E-state index in [9.17, 15) is 14.0 Å². The summed E-state index contributed by atoms with van der Waals surface area (Å²) >= 11 is 1.47. The Morgan fingerprint density at radius 2 is 1.77 bits per heavy atom. The zero-order chi connectivity index (χ0) is 20.7. The fourth-order valence-electron chi connectivity index (χ4n) is 4.27. The highest BCUT2D eigenvalue weighted by atomic mass is 32.2. The molecule has 4 nitrogen and oxygen atoms in total. The number of hydrogen-bond acceptors (Lipinski definition) is 3. The predicted octanol–water partition coefficient (Wildman–Crippen LogP) is 4.41. The van der Waals surface area contributed by atoms with Crippen LogP contribution in [0, 0.1) is 5.82 Å². The zero-order valence-corrected chi connectivity index (χ0v) is 16.9. The minimum atomic E-state index is -1.12. The summed E-state index contributed by atoms with van der Waals surface area (Å²) < 4.78 is 13.8. The predicted molar refractivity (Wildman–Crippen MR) is 116 cm³/mol. The van der Waals surface area contributed by atoms with E-state index in [0.717, 1.165) is 16.8 Å². The van der Waals surface area contributed by atoms with Gasteiger partial charge in [-0.2, -0.15) is 0 Å². The smallest absolute Gasteiger partial charge is 0.268 e. The molecule has 0 radical (unpaired) electrons. The first-order valence-corrected chi connectivity index (χ1v) is 10.8. The SMILES string of the molecule is O=C(c1cccc(F)c1)N1CCS[C@@]12C(=O)N(Cc1ccccc1)c1ccccc12. The van der Waals surface area contributed by atoms with Crippen LogP contribution >= 0.6 is 11.8 Å². The lowest BCUT2D eigenvalue weighted by Crippen LogP contribution is -2.50. The molecule has 0 N–H and O–H groups in total. The van der Waals surface area contributed by atoms with Crippen LogP contribution in [0.4, 0.5) is 10.1 Å². The number of carbonyl (C=O) groups excluding carboxylic acids is 2. The maximum atomic E-state index is 13.8. The minimum absolute atomic E-state index is 0.125. The van der Waals surface area contributed by atoms with Crippen molar-refractivity contribution in [2.45, 2.75) is 11.4 Å². The largest absolute Gasteiger partial charge is 0.311 e. The second-order valence-corrected chi connectivity index (χ2v) is 8.64. The molecule has 3 aromatic rings. The van der Waals surface area contributed by atoms with Crippen LogP contribution in [0.25, 0.3) is 0 Å². The molecule has 2 aliphatic rings. The van der Waals surface area contributed by atoms with Gasteiger partial charge in [-0.05, 0) is 29.8 Å². The number of para-hydroxylation sites is 1. The van der Waals surface area contributed by atoms with E-state index in [1.54, 1.807) is 15.9 Å². The molecule has 0 aliphatic carbocycles. The normalized spacial score (nSPS) is 20.1. The second kappa shape index (κ2) is 7.29. The summed E-state index contributed by atoms with van der Waals surface area (Å²) in [6.45, 7) is 0.861. The van der Waals surface area contributed by atoms with E-state index in [1.807, 2.05) is 54.6 Å². The van der Waals surface area contributed by atoms with Crippen molar-refractivity contribution < 1.29 is 14.0 Å². The average molecular weight is 418 g/mol. The average Bonchev–Trinajstić information content (AvgIpc) is 3.31. The van der Waals surface area contributed by atoms with E-state index in [1.165, 1.54) is 30.0 Å². The van der Waals surface area contributed by atoms with Crippen LogP contribution < -0.4 is 4.90 Å². The Bertz CT molecular complexity index is 1140. The number of amides is 2. The molecule has 0 unspecified atom stereocenters. The quantitative estimate of drug-likeness (QED) is 0.633. The lowest BCUT2D eigenvalue weighted by atomic mass is 10.0. The third kappa shape index (κ3) is 2.82. The highest BCUT2D eigenvalue weighted by Crippen LogP contribution is 2.54. The number of anilines is 1. The molecule has 30 heavy (non-hydrogen) atoms. The Labute approximate surface area is 178 Å². The Hall–Kier alpha value is -3.12. The van der Waals surface area contributed by atoms with Crippen LogP contribution in [-0.2, 0) is 16.2 Å². The van der Waals surface area contributed by atoms with Crippen molar-refractivity contribution in [2.75, 3.05) is 17.2 Å². The molecule has 1 spiro atoms. The zero-order valence-electron chi connectivity index (χ0n) is 16.1. The Kier molecular flexibility index (Phi) is 4.59. The minimum Gasteiger partial charge on any atom is -0.311 e. The maximum absolute atomic E-state index is 13.8. The van der Waals surface area contributed by atoms with E-state index in [4.69, 9.17) is 0 Å². The molecule has 1 saturated heterocycles. The summed E-state index contributed by atoms with van der Waals surface area (Å²) in [6.07, 6.45) is 0. The number of fused-ring (bicyclic) bond motifs is 2. The van der Waals surface area contributed by atoms with E-state index in [2.05, 4.69) is 0 Å². The van der Waals surface area contributed by atoms with Crippen molar-refractivity contribution in [3.05, 3.63) is 101 Å². The van der Waals surface area contributed by atoms with Crippen molar-refractivity contribution in [1.29, 1.82) is 0 Å². The van der Waals surface area contributed by atoms with Crippen LogP contribution in [0.3, 0.4) is 0 Å². The van der Waals surface area contributed by atoms with Gasteiger partial charge in [0.2, 0.25) is 0 Å². The fraction of sp³-hybridized carbons (Fsp3) is 0.167. The molecule has 2 aliphatic heterocycles. The Balaban J connectivity index is 1.58. The summed E-state index contributed by atoms with van der Waals surface area (Å²) in [4.78, 5) is 29.4. The molecule has 0 saturated carbocycles. The monoisotopic (exact) mass is 418 g/mol. The van der Waals surface area contributed by atoms with Crippen molar-refractivity contribution in [2.24, 2.45) is 0 Å². The van der Waals surface area contributed by atoms with Gasteiger partial charge >= 0.3 is 0 Å². The summed E-state index contributed by atoms with van der Waals surface area (Å²) in [5.74, 6) is -0.282. The number of halogens is 1. The molecule has 1 atom stereocenters. The number of nitrogens with zero attached hydrogens (tertiary/aromatic N) is 2. The van der Waals surface area contributed by atoms with Crippen LogP contribution in [0.1, 0.15) is 21.5 Å². The van der Waals surface area contributed by atoms with Gasteiger partial charge < -0.3 is 9.80 Å². The van der Waals surface area contributed by atoms with Gasteiger partial charge in [0.05, 0.1) is 12.2 Å². The van der Waals surface area contributed by atoms with E-state index in [-0.39, 0.29) is 17.4 Å². The molecule has 0 bridgehead atoms.